The van der Waals surface area contributed by atoms with Crippen molar-refractivity contribution in [2.24, 2.45) is 11.5 Å². The van der Waals surface area contributed by atoms with E-state index in [4.69, 9.17) is 11.5 Å². The maximum Gasteiger partial charge on any atom is 0.0253 e. The van der Waals surface area contributed by atoms with E-state index >= 15 is 0 Å². The van der Waals surface area contributed by atoms with Gasteiger partial charge in [-0.25, -0.2) is 0 Å². The van der Waals surface area contributed by atoms with Crippen LogP contribution in [0.2, 0.25) is 0 Å². The quantitative estimate of drug-likeness (QED) is 0.730. The lowest BCUT2D eigenvalue weighted by molar-refractivity contribution is 0.443. The van der Waals surface area contributed by atoms with Gasteiger partial charge in [-0.1, -0.05) is 30.3 Å². The van der Waals surface area contributed by atoms with Gasteiger partial charge >= 0.3 is 0 Å². The second kappa shape index (κ2) is 4.40. The van der Waals surface area contributed by atoms with E-state index in [0.29, 0.717) is 6.54 Å². The van der Waals surface area contributed by atoms with Crippen LogP contribution in [0.15, 0.2) is 30.3 Å². The summed E-state index contributed by atoms with van der Waals surface area (Å²) in [5.41, 5.74) is 12.6. The van der Waals surface area contributed by atoms with E-state index in [1.165, 1.54) is 5.56 Å². The molecule has 0 bridgehead atoms. The molecule has 0 fully saturated rings. The molecule has 0 saturated carbocycles. The van der Waals surface area contributed by atoms with Gasteiger partial charge < -0.3 is 11.5 Å². The molecule has 4 N–H and O–H groups in total. The van der Waals surface area contributed by atoms with Gasteiger partial charge in [-0.05, 0) is 25.3 Å². The molecule has 0 aromatic heterocycles. The molecule has 1 aromatic carbocycles. The Labute approximate surface area is 79.9 Å². The van der Waals surface area contributed by atoms with E-state index in [2.05, 4.69) is 12.1 Å². The van der Waals surface area contributed by atoms with Crippen molar-refractivity contribution >= 4 is 0 Å². The van der Waals surface area contributed by atoms with E-state index < -0.39 is 0 Å². The first kappa shape index (κ1) is 10.2. The van der Waals surface area contributed by atoms with Crippen LogP contribution in [0.4, 0.5) is 0 Å². The first-order valence-electron chi connectivity index (χ1n) is 4.67. The van der Waals surface area contributed by atoms with E-state index in [0.717, 1.165) is 12.8 Å². The minimum absolute atomic E-state index is 0.226. The molecule has 2 nitrogen and oxygen atoms in total. The molecule has 0 saturated heterocycles. The molecule has 0 aliphatic heterocycles. The zero-order valence-corrected chi connectivity index (χ0v) is 8.16. The molecule has 72 valence electrons. The Bertz CT molecular complexity index is 242. The van der Waals surface area contributed by atoms with Crippen molar-refractivity contribution in [1.29, 1.82) is 0 Å². The smallest absolute Gasteiger partial charge is 0.0253 e. The maximum absolute atomic E-state index is 5.94. The Morgan fingerprint density at radius 2 is 1.85 bits per heavy atom. The van der Waals surface area contributed by atoms with E-state index in [-0.39, 0.29) is 5.54 Å². The van der Waals surface area contributed by atoms with Gasteiger partial charge in [0.15, 0.2) is 0 Å². The molecular formula is C11H18N2. The van der Waals surface area contributed by atoms with Gasteiger partial charge in [0.05, 0.1) is 0 Å². The Morgan fingerprint density at radius 3 is 2.38 bits per heavy atom. The minimum atomic E-state index is -0.226. The van der Waals surface area contributed by atoms with E-state index in [1.54, 1.807) is 0 Å². The molecule has 0 spiro atoms. The van der Waals surface area contributed by atoms with E-state index in [9.17, 15) is 0 Å². The number of benzene rings is 1. The fraction of sp³-hybridized carbons (Fsp3) is 0.455. The summed E-state index contributed by atoms with van der Waals surface area (Å²) in [5.74, 6) is 0. The lowest BCUT2D eigenvalue weighted by atomic mass is 9.95. The highest BCUT2D eigenvalue weighted by Crippen LogP contribution is 2.09. The largest absolute Gasteiger partial charge is 0.329 e. The number of hydrogen-bond donors (Lipinski definition) is 2. The zero-order valence-electron chi connectivity index (χ0n) is 8.16. The molecule has 1 aromatic rings. The van der Waals surface area contributed by atoms with Gasteiger partial charge in [0.25, 0.3) is 0 Å². The van der Waals surface area contributed by atoms with Crippen LogP contribution in [0.25, 0.3) is 0 Å². The Morgan fingerprint density at radius 1 is 1.23 bits per heavy atom. The Kier molecular flexibility index (Phi) is 3.46. The summed E-state index contributed by atoms with van der Waals surface area (Å²) in [4.78, 5) is 0. The van der Waals surface area contributed by atoms with Gasteiger partial charge in [0, 0.05) is 12.1 Å². The molecule has 1 atom stereocenters. The summed E-state index contributed by atoms with van der Waals surface area (Å²) in [6, 6.07) is 10.4. The van der Waals surface area contributed by atoms with Crippen molar-refractivity contribution < 1.29 is 0 Å². The van der Waals surface area contributed by atoms with Gasteiger partial charge in [-0.3, -0.25) is 0 Å². The number of rotatable bonds is 4. The molecule has 0 aliphatic rings. The molecule has 0 radical (unpaired) electrons. The summed E-state index contributed by atoms with van der Waals surface area (Å²) < 4.78 is 0. The van der Waals surface area contributed by atoms with Gasteiger partial charge in [0.1, 0.15) is 0 Å². The van der Waals surface area contributed by atoms with Crippen LogP contribution in [0, 0.1) is 0 Å². The van der Waals surface area contributed by atoms with Crippen molar-refractivity contribution in [2.75, 3.05) is 6.54 Å². The van der Waals surface area contributed by atoms with Gasteiger partial charge in [-0.15, -0.1) is 0 Å². The maximum atomic E-state index is 5.94. The molecule has 13 heavy (non-hydrogen) atoms. The van der Waals surface area contributed by atoms with Crippen molar-refractivity contribution in [3.05, 3.63) is 35.9 Å². The summed E-state index contributed by atoms with van der Waals surface area (Å²) in [7, 11) is 0. The van der Waals surface area contributed by atoms with Crippen LogP contribution in [0.5, 0.6) is 0 Å². The summed E-state index contributed by atoms with van der Waals surface area (Å²) in [5, 5.41) is 0. The zero-order chi connectivity index (χ0) is 9.73. The molecule has 1 rings (SSSR count). The summed E-state index contributed by atoms with van der Waals surface area (Å²) in [6.45, 7) is 2.54. The molecule has 0 aliphatic carbocycles. The van der Waals surface area contributed by atoms with Gasteiger partial charge in [-0.2, -0.15) is 0 Å². The highest BCUT2D eigenvalue weighted by molar-refractivity contribution is 5.15. The lowest BCUT2D eigenvalue weighted by Gasteiger charge is -2.22. The van der Waals surface area contributed by atoms with Crippen LogP contribution in [0.3, 0.4) is 0 Å². The van der Waals surface area contributed by atoms with Crippen molar-refractivity contribution in [3.8, 4) is 0 Å². The summed E-state index contributed by atoms with van der Waals surface area (Å²) >= 11 is 0. The first-order chi connectivity index (χ1) is 6.14. The fourth-order valence-electron chi connectivity index (χ4n) is 1.18. The van der Waals surface area contributed by atoms with Crippen LogP contribution in [-0.2, 0) is 6.42 Å². The third-order valence-corrected chi connectivity index (χ3v) is 2.29. The number of nitrogens with two attached hydrogens (primary N) is 2. The third-order valence-electron chi connectivity index (χ3n) is 2.29. The standard InChI is InChI=1S/C11H18N2/c1-11(13,9-12)8-7-10-5-3-2-4-6-10/h2-6H,7-9,12-13H2,1H3. The topological polar surface area (TPSA) is 52.0 Å². The van der Waals surface area contributed by atoms with Crippen LogP contribution in [-0.4, -0.2) is 12.1 Å². The van der Waals surface area contributed by atoms with E-state index in [1.807, 2.05) is 25.1 Å². The highest BCUT2D eigenvalue weighted by Gasteiger charge is 2.14. The normalized spacial score (nSPS) is 15.3. The first-order valence-corrected chi connectivity index (χ1v) is 4.67. The van der Waals surface area contributed by atoms with Crippen molar-refractivity contribution in [2.45, 2.75) is 25.3 Å². The highest BCUT2D eigenvalue weighted by atomic mass is 14.8. The molecule has 0 heterocycles. The lowest BCUT2D eigenvalue weighted by Crippen LogP contribution is -2.44. The molecular weight excluding hydrogens is 160 g/mol. The second-order valence-electron chi connectivity index (χ2n) is 3.84. The predicted molar refractivity (Wildman–Crippen MR) is 56.4 cm³/mol. The number of hydrogen-bond acceptors (Lipinski definition) is 2. The second-order valence-corrected chi connectivity index (χ2v) is 3.84. The van der Waals surface area contributed by atoms with Gasteiger partial charge in [0.2, 0.25) is 0 Å². The third kappa shape index (κ3) is 3.57. The fourth-order valence-corrected chi connectivity index (χ4v) is 1.18. The Balaban J connectivity index is 2.44. The molecule has 1 unspecified atom stereocenters. The molecule has 0 amide bonds. The average molecular weight is 178 g/mol. The van der Waals surface area contributed by atoms with Crippen LogP contribution in [0.1, 0.15) is 18.9 Å². The SMILES string of the molecule is CC(N)(CN)CCc1ccccc1. The monoisotopic (exact) mass is 178 g/mol. The average Bonchev–Trinajstić information content (AvgIpc) is 2.17. The number of aryl methyl sites for hydroxylation is 1. The molecule has 2 heteroatoms. The van der Waals surface area contributed by atoms with Crippen molar-refractivity contribution in [3.63, 3.8) is 0 Å². The summed E-state index contributed by atoms with van der Waals surface area (Å²) in [6.07, 6.45) is 1.94. The van der Waals surface area contributed by atoms with Crippen LogP contribution < -0.4 is 11.5 Å². The van der Waals surface area contributed by atoms with Crippen molar-refractivity contribution in [1.82, 2.24) is 0 Å². The Hall–Kier alpha value is -0.860. The minimum Gasteiger partial charge on any atom is -0.329 e. The van der Waals surface area contributed by atoms with Crippen LogP contribution >= 0.6 is 0 Å². The predicted octanol–water partition coefficient (Wildman–Crippen LogP) is 1.30.